The number of nitrogens with zero attached hydrogens (tertiary/aromatic N) is 1. The molecule has 6 nitrogen and oxygen atoms in total. The topological polar surface area (TPSA) is 78.5 Å². The zero-order valence-corrected chi connectivity index (χ0v) is 15.4. The summed E-state index contributed by atoms with van der Waals surface area (Å²) >= 11 is 1.39. The lowest BCUT2D eigenvalue weighted by molar-refractivity contribution is -0.117. The van der Waals surface area contributed by atoms with Crippen LogP contribution in [0.4, 0.5) is 11.4 Å². The Bertz CT molecular complexity index is 817. The van der Waals surface area contributed by atoms with Gasteiger partial charge in [0.25, 0.3) is 5.91 Å². The smallest absolute Gasteiger partial charge is 0.261 e. The van der Waals surface area contributed by atoms with Crippen molar-refractivity contribution in [2.75, 3.05) is 23.3 Å². The Morgan fingerprint density at radius 1 is 1.23 bits per heavy atom. The molecular weight excluding hydrogens is 350 g/mol. The summed E-state index contributed by atoms with van der Waals surface area (Å²) in [6.45, 7) is 2.70. The van der Waals surface area contributed by atoms with E-state index < -0.39 is 0 Å². The first-order valence-electron chi connectivity index (χ1n) is 8.57. The maximum atomic E-state index is 12.1. The number of thiophene rings is 1. The van der Waals surface area contributed by atoms with Crippen LogP contribution in [0.1, 0.15) is 35.0 Å². The molecule has 1 aromatic carbocycles. The molecule has 3 rings (SSSR count). The maximum absolute atomic E-state index is 12.1. The van der Waals surface area contributed by atoms with E-state index in [0.29, 0.717) is 30.8 Å². The largest absolute Gasteiger partial charge is 0.351 e. The van der Waals surface area contributed by atoms with E-state index in [1.54, 1.807) is 17.9 Å². The molecule has 136 valence electrons. The van der Waals surface area contributed by atoms with Crippen molar-refractivity contribution in [3.63, 3.8) is 0 Å². The van der Waals surface area contributed by atoms with Crippen LogP contribution in [0.5, 0.6) is 0 Å². The third-order valence-electron chi connectivity index (χ3n) is 4.25. The van der Waals surface area contributed by atoms with Crippen LogP contribution in [0.2, 0.25) is 0 Å². The minimum Gasteiger partial charge on any atom is -0.351 e. The van der Waals surface area contributed by atoms with E-state index in [2.05, 4.69) is 10.6 Å². The van der Waals surface area contributed by atoms with Gasteiger partial charge >= 0.3 is 0 Å². The van der Waals surface area contributed by atoms with Crippen LogP contribution in [-0.4, -0.2) is 30.8 Å². The van der Waals surface area contributed by atoms with E-state index in [1.807, 2.05) is 29.6 Å². The van der Waals surface area contributed by atoms with Crippen LogP contribution in [-0.2, 0) is 16.0 Å². The fourth-order valence-corrected chi connectivity index (χ4v) is 3.62. The van der Waals surface area contributed by atoms with Crippen LogP contribution in [0.25, 0.3) is 0 Å². The van der Waals surface area contributed by atoms with Gasteiger partial charge in [-0.1, -0.05) is 6.07 Å². The summed E-state index contributed by atoms with van der Waals surface area (Å²) in [6.07, 6.45) is 1.71. The third-order valence-corrected chi connectivity index (χ3v) is 5.12. The quantitative estimate of drug-likeness (QED) is 0.767. The summed E-state index contributed by atoms with van der Waals surface area (Å²) in [4.78, 5) is 37.9. The Balaban J connectivity index is 1.44. The Hall–Kier alpha value is -2.67. The molecule has 0 unspecified atom stereocenters. The van der Waals surface area contributed by atoms with Crippen LogP contribution in [0, 0.1) is 0 Å². The molecular formula is C19H21N3O3S. The van der Waals surface area contributed by atoms with E-state index in [1.165, 1.54) is 11.3 Å². The Morgan fingerprint density at radius 2 is 2.08 bits per heavy atom. The highest BCUT2D eigenvalue weighted by Gasteiger charge is 2.22. The van der Waals surface area contributed by atoms with Crippen LogP contribution < -0.4 is 15.5 Å². The Morgan fingerprint density at radius 3 is 2.81 bits per heavy atom. The summed E-state index contributed by atoms with van der Waals surface area (Å²) in [5.74, 6) is -0.157. The maximum Gasteiger partial charge on any atom is 0.261 e. The van der Waals surface area contributed by atoms with E-state index >= 15 is 0 Å². The molecule has 0 radical (unpaired) electrons. The first kappa shape index (κ1) is 18.1. The number of carbonyl (C=O) groups is 3. The van der Waals surface area contributed by atoms with Crippen molar-refractivity contribution < 1.29 is 14.4 Å². The summed E-state index contributed by atoms with van der Waals surface area (Å²) in [6, 6.07) is 9.22. The number of benzene rings is 1. The molecule has 0 saturated heterocycles. The fourth-order valence-electron chi connectivity index (χ4n) is 2.98. The summed E-state index contributed by atoms with van der Waals surface area (Å²) in [5, 5.41) is 7.54. The summed E-state index contributed by atoms with van der Waals surface area (Å²) < 4.78 is 0. The average Bonchev–Trinajstić information content (AvgIpc) is 3.27. The number of fused-ring (bicyclic) bond motifs is 1. The van der Waals surface area contributed by atoms with Crippen molar-refractivity contribution in [1.29, 1.82) is 0 Å². The highest BCUT2D eigenvalue weighted by Crippen LogP contribution is 2.30. The first-order chi connectivity index (χ1) is 12.5. The third kappa shape index (κ3) is 4.29. The van der Waals surface area contributed by atoms with Gasteiger partial charge in [-0.2, -0.15) is 0 Å². The van der Waals surface area contributed by atoms with Crippen LogP contribution >= 0.6 is 11.3 Å². The zero-order chi connectivity index (χ0) is 18.5. The van der Waals surface area contributed by atoms with Gasteiger partial charge in [-0.25, -0.2) is 0 Å². The monoisotopic (exact) mass is 371 g/mol. The molecule has 0 bridgehead atoms. The second kappa shape index (κ2) is 8.14. The highest BCUT2D eigenvalue weighted by molar-refractivity contribution is 7.12. The molecule has 0 atom stereocenters. The number of hydrogen-bond donors (Lipinski definition) is 2. The molecule has 0 aliphatic carbocycles. The summed E-state index contributed by atoms with van der Waals surface area (Å²) in [5.41, 5.74) is 2.73. The minimum atomic E-state index is -0.103. The predicted octanol–water partition coefficient (Wildman–Crippen LogP) is 2.81. The standard InChI is InChI=1S/C19H21N3O3S/c1-13(23)22-10-8-14-12-15(6-7-16(14)22)21-18(24)5-2-9-20-19(25)17-4-3-11-26-17/h3-4,6-7,11-12H,2,5,8-10H2,1H3,(H,20,25)(H,21,24). The van der Waals surface area contributed by atoms with Gasteiger partial charge in [0.15, 0.2) is 0 Å². The van der Waals surface area contributed by atoms with Crippen molar-refractivity contribution in [2.45, 2.75) is 26.2 Å². The summed E-state index contributed by atoms with van der Waals surface area (Å²) in [7, 11) is 0. The molecule has 3 amide bonds. The first-order valence-corrected chi connectivity index (χ1v) is 9.45. The average molecular weight is 371 g/mol. The van der Waals surface area contributed by atoms with Crippen molar-refractivity contribution in [1.82, 2.24) is 5.32 Å². The van der Waals surface area contributed by atoms with Crippen LogP contribution in [0.15, 0.2) is 35.7 Å². The molecule has 1 aromatic heterocycles. The van der Waals surface area contributed by atoms with Gasteiger partial charge in [-0.05, 0) is 48.1 Å². The van der Waals surface area contributed by atoms with E-state index in [9.17, 15) is 14.4 Å². The number of hydrogen-bond acceptors (Lipinski definition) is 4. The van der Waals surface area contributed by atoms with E-state index in [0.717, 1.165) is 23.4 Å². The lowest BCUT2D eigenvalue weighted by atomic mass is 10.1. The number of anilines is 2. The lowest BCUT2D eigenvalue weighted by Gasteiger charge is -2.15. The fraction of sp³-hybridized carbons (Fsp3) is 0.316. The SMILES string of the molecule is CC(=O)N1CCc2cc(NC(=O)CCCNC(=O)c3cccs3)ccc21. The Kier molecular flexibility index (Phi) is 5.68. The molecule has 2 N–H and O–H groups in total. The van der Waals surface area contributed by atoms with Gasteiger partial charge in [-0.15, -0.1) is 11.3 Å². The van der Waals surface area contributed by atoms with Gasteiger partial charge in [0, 0.05) is 37.8 Å². The number of amides is 3. The van der Waals surface area contributed by atoms with Gasteiger partial charge < -0.3 is 15.5 Å². The molecule has 0 saturated carbocycles. The number of rotatable bonds is 6. The molecule has 7 heteroatoms. The van der Waals surface area contributed by atoms with Gasteiger partial charge in [0.2, 0.25) is 11.8 Å². The van der Waals surface area contributed by atoms with E-state index in [4.69, 9.17) is 0 Å². The molecule has 26 heavy (non-hydrogen) atoms. The highest BCUT2D eigenvalue weighted by atomic mass is 32.1. The second-order valence-corrected chi connectivity index (χ2v) is 7.10. The lowest BCUT2D eigenvalue weighted by Crippen LogP contribution is -2.25. The van der Waals surface area contributed by atoms with Crippen LogP contribution in [0.3, 0.4) is 0 Å². The molecule has 2 heterocycles. The number of carbonyl (C=O) groups excluding carboxylic acids is 3. The minimum absolute atomic E-state index is 0.0325. The molecule has 0 fully saturated rings. The second-order valence-electron chi connectivity index (χ2n) is 6.15. The number of nitrogens with one attached hydrogen (secondary N) is 2. The van der Waals surface area contributed by atoms with Gasteiger partial charge in [0.05, 0.1) is 4.88 Å². The molecule has 0 spiro atoms. The van der Waals surface area contributed by atoms with Gasteiger partial charge in [0.1, 0.15) is 0 Å². The van der Waals surface area contributed by atoms with E-state index in [-0.39, 0.29) is 17.7 Å². The zero-order valence-electron chi connectivity index (χ0n) is 14.6. The molecule has 1 aliphatic heterocycles. The molecule has 1 aliphatic rings. The normalized spacial score (nSPS) is 12.6. The van der Waals surface area contributed by atoms with Crippen molar-refractivity contribution in [3.05, 3.63) is 46.2 Å². The van der Waals surface area contributed by atoms with Crippen molar-refractivity contribution in [2.24, 2.45) is 0 Å². The predicted molar refractivity (Wildman–Crippen MR) is 103 cm³/mol. The van der Waals surface area contributed by atoms with Gasteiger partial charge in [-0.3, -0.25) is 14.4 Å². The van der Waals surface area contributed by atoms with Crippen molar-refractivity contribution in [3.8, 4) is 0 Å². The molecule has 2 aromatic rings. The van der Waals surface area contributed by atoms with Crippen molar-refractivity contribution >= 4 is 40.4 Å². The Labute approximate surface area is 156 Å².